The first-order valence-corrected chi connectivity index (χ1v) is 9.96. The molecule has 4 rings (SSSR count). The van der Waals surface area contributed by atoms with Gasteiger partial charge in [-0.1, -0.05) is 46.3 Å². The maximum atomic E-state index is 13.2. The van der Waals surface area contributed by atoms with Crippen LogP contribution in [0.5, 0.6) is 0 Å². The molecule has 0 bridgehead atoms. The second-order valence-electron chi connectivity index (χ2n) is 7.38. The van der Waals surface area contributed by atoms with Crippen molar-refractivity contribution < 1.29 is 9.59 Å². The molecule has 7 heteroatoms. The summed E-state index contributed by atoms with van der Waals surface area (Å²) in [6, 6.07) is 17.1. The van der Waals surface area contributed by atoms with E-state index in [1.54, 1.807) is 11.8 Å². The molecule has 6 nitrogen and oxygen atoms in total. The highest BCUT2D eigenvalue weighted by Gasteiger charge is 2.46. The number of aliphatic imine (C=N–C) groups is 1. The lowest BCUT2D eigenvalue weighted by Crippen LogP contribution is -2.44. The van der Waals surface area contributed by atoms with Crippen molar-refractivity contribution in [3.8, 4) is 0 Å². The zero-order valence-corrected chi connectivity index (χ0v) is 17.1. The number of guanidine groups is 1. The largest absolute Gasteiger partial charge is 0.369 e. The molecular formula is C21H21BrN4O2. The summed E-state index contributed by atoms with van der Waals surface area (Å²) >= 11 is 3.44. The lowest BCUT2D eigenvalue weighted by Gasteiger charge is -2.25. The van der Waals surface area contributed by atoms with Gasteiger partial charge in [0.05, 0.1) is 0 Å². The van der Waals surface area contributed by atoms with Gasteiger partial charge in [0, 0.05) is 35.6 Å². The van der Waals surface area contributed by atoms with Crippen molar-refractivity contribution in [2.24, 2.45) is 16.6 Å². The number of anilines is 1. The maximum absolute atomic E-state index is 13.2. The number of nitrogens with zero attached hydrogens (tertiary/aromatic N) is 3. The van der Waals surface area contributed by atoms with Gasteiger partial charge in [-0.05, 0) is 36.8 Å². The Bertz CT molecular complexity index is 962. The summed E-state index contributed by atoms with van der Waals surface area (Å²) in [4.78, 5) is 33.4. The van der Waals surface area contributed by atoms with Crippen molar-refractivity contribution in [3.63, 3.8) is 0 Å². The van der Waals surface area contributed by atoms with E-state index in [4.69, 9.17) is 5.73 Å². The van der Waals surface area contributed by atoms with E-state index >= 15 is 0 Å². The molecule has 2 aliphatic rings. The number of carbonyl (C=O) groups is 2. The molecule has 2 unspecified atom stereocenters. The Hall–Kier alpha value is -2.67. The number of nitrogens with two attached hydrogens (primary N) is 1. The SMILES string of the molecule is CC1(c2cccc(Br)c2)N=C(N)N(CC2CC(=O)N(c3ccccc3)C2)C1=O. The molecule has 2 aromatic rings. The first-order chi connectivity index (χ1) is 13.4. The summed E-state index contributed by atoms with van der Waals surface area (Å²) in [5.74, 6) is 0.121. The van der Waals surface area contributed by atoms with Gasteiger partial charge in [-0.3, -0.25) is 14.5 Å². The topological polar surface area (TPSA) is 79.0 Å². The summed E-state index contributed by atoms with van der Waals surface area (Å²) in [5.41, 5.74) is 6.74. The smallest absolute Gasteiger partial charge is 0.261 e. The highest BCUT2D eigenvalue weighted by Crippen LogP contribution is 2.35. The maximum Gasteiger partial charge on any atom is 0.261 e. The lowest BCUT2D eigenvalue weighted by atomic mass is 9.92. The van der Waals surface area contributed by atoms with Gasteiger partial charge < -0.3 is 10.6 Å². The Balaban J connectivity index is 1.51. The number of benzene rings is 2. The van der Waals surface area contributed by atoms with Gasteiger partial charge in [0.2, 0.25) is 5.91 Å². The fraction of sp³-hybridized carbons (Fsp3) is 0.286. The Kier molecular flexibility index (Phi) is 4.71. The normalized spacial score (nSPS) is 24.8. The molecule has 2 atom stereocenters. The van der Waals surface area contributed by atoms with E-state index in [2.05, 4.69) is 20.9 Å². The second kappa shape index (κ2) is 7.05. The molecule has 2 amide bonds. The van der Waals surface area contributed by atoms with E-state index in [0.717, 1.165) is 15.7 Å². The average molecular weight is 441 g/mol. The third kappa shape index (κ3) is 3.20. The highest BCUT2D eigenvalue weighted by atomic mass is 79.9. The summed E-state index contributed by atoms with van der Waals surface area (Å²) in [6.07, 6.45) is 0.388. The number of carbonyl (C=O) groups excluding carboxylic acids is 2. The van der Waals surface area contributed by atoms with Crippen molar-refractivity contribution in [1.82, 2.24) is 4.90 Å². The van der Waals surface area contributed by atoms with Crippen molar-refractivity contribution >= 4 is 39.4 Å². The molecule has 0 spiro atoms. The summed E-state index contributed by atoms with van der Waals surface area (Å²) < 4.78 is 0.881. The number of halogens is 1. The van der Waals surface area contributed by atoms with Crippen LogP contribution in [0.2, 0.25) is 0 Å². The van der Waals surface area contributed by atoms with Crippen molar-refractivity contribution in [2.75, 3.05) is 18.0 Å². The van der Waals surface area contributed by atoms with Crippen LogP contribution in [-0.4, -0.2) is 35.8 Å². The van der Waals surface area contributed by atoms with Gasteiger partial charge in [0.1, 0.15) is 0 Å². The van der Waals surface area contributed by atoms with Crippen LogP contribution in [0.1, 0.15) is 18.9 Å². The van der Waals surface area contributed by atoms with E-state index in [0.29, 0.717) is 19.5 Å². The van der Waals surface area contributed by atoms with Gasteiger partial charge in [-0.2, -0.15) is 0 Å². The minimum atomic E-state index is -1.05. The van der Waals surface area contributed by atoms with E-state index in [1.165, 1.54) is 4.90 Å². The zero-order valence-electron chi connectivity index (χ0n) is 15.5. The number of rotatable bonds is 4. The molecule has 0 saturated carbocycles. The molecule has 144 valence electrons. The number of hydrogen-bond acceptors (Lipinski definition) is 4. The van der Waals surface area contributed by atoms with Crippen LogP contribution >= 0.6 is 15.9 Å². The molecule has 0 radical (unpaired) electrons. The number of para-hydroxylation sites is 1. The molecule has 2 aliphatic heterocycles. The average Bonchev–Trinajstić information content (AvgIpc) is 3.15. The van der Waals surface area contributed by atoms with Crippen LogP contribution in [0.4, 0.5) is 5.69 Å². The molecule has 2 N–H and O–H groups in total. The summed E-state index contributed by atoms with van der Waals surface area (Å²) in [7, 11) is 0. The van der Waals surface area contributed by atoms with Crippen molar-refractivity contribution in [1.29, 1.82) is 0 Å². The van der Waals surface area contributed by atoms with Gasteiger partial charge in [-0.15, -0.1) is 0 Å². The minimum Gasteiger partial charge on any atom is -0.369 e. The molecule has 1 saturated heterocycles. The van der Waals surface area contributed by atoms with E-state index < -0.39 is 5.54 Å². The van der Waals surface area contributed by atoms with Crippen LogP contribution in [0.25, 0.3) is 0 Å². The van der Waals surface area contributed by atoms with Crippen LogP contribution < -0.4 is 10.6 Å². The monoisotopic (exact) mass is 440 g/mol. The van der Waals surface area contributed by atoms with Gasteiger partial charge in [-0.25, -0.2) is 4.99 Å². The van der Waals surface area contributed by atoms with Crippen molar-refractivity contribution in [2.45, 2.75) is 18.9 Å². The van der Waals surface area contributed by atoms with E-state index in [9.17, 15) is 9.59 Å². The van der Waals surface area contributed by atoms with Gasteiger partial charge in [0.15, 0.2) is 11.5 Å². The Morgan fingerprint density at radius 1 is 1.18 bits per heavy atom. The van der Waals surface area contributed by atoms with Gasteiger partial charge >= 0.3 is 0 Å². The van der Waals surface area contributed by atoms with Crippen LogP contribution in [0.3, 0.4) is 0 Å². The summed E-state index contributed by atoms with van der Waals surface area (Å²) in [5, 5.41) is 0. The quantitative estimate of drug-likeness (QED) is 0.793. The molecule has 28 heavy (non-hydrogen) atoms. The molecule has 0 aliphatic carbocycles. The first kappa shape index (κ1) is 18.7. The van der Waals surface area contributed by atoms with Crippen molar-refractivity contribution in [3.05, 3.63) is 64.6 Å². The van der Waals surface area contributed by atoms with Crippen LogP contribution in [0, 0.1) is 5.92 Å². The predicted molar refractivity (Wildman–Crippen MR) is 112 cm³/mol. The Labute approximate surface area is 172 Å². The lowest BCUT2D eigenvalue weighted by molar-refractivity contribution is -0.131. The predicted octanol–water partition coefficient (Wildman–Crippen LogP) is 2.87. The fourth-order valence-electron chi connectivity index (χ4n) is 3.88. The van der Waals surface area contributed by atoms with Crippen LogP contribution in [-0.2, 0) is 15.1 Å². The van der Waals surface area contributed by atoms with Crippen LogP contribution in [0.15, 0.2) is 64.1 Å². The molecule has 2 aromatic carbocycles. The third-order valence-electron chi connectivity index (χ3n) is 5.38. The fourth-order valence-corrected chi connectivity index (χ4v) is 4.28. The first-order valence-electron chi connectivity index (χ1n) is 9.17. The highest BCUT2D eigenvalue weighted by molar-refractivity contribution is 9.10. The molecule has 2 heterocycles. The summed E-state index contributed by atoms with van der Waals surface area (Å²) in [6.45, 7) is 2.72. The minimum absolute atomic E-state index is 0.00951. The standard InChI is InChI=1S/C21H21BrN4O2/c1-21(15-6-5-7-16(22)11-15)19(28)26(20(23)24-21)13-14-10-18(27)25(12-14)17-8-3-2-4-9-17/h2-9,11,14H,10,12-13H2,1H3,(H2,23,24). The molecular weight excluding hydrogens is 420 g/mol. The Morgan fingerprint density at radius 3 is 2.64 bits per heavy atom. The zero-order chi connectivity index (χ0) is 19.9. The third-order valence-corrected chi connectivity index (χ3v) is 5.87. The number of amides is 2. The Morgan fingerprint density at radius 2 is 1.93 bits per heavy atom. The van der Waals surface area contributed by atoms with E-state index in [-0.39, 0.29) is 23.7 Å². The van der Waals surface area contributed by atoms with E-state index in [1.807, 2.05) is 54.6 Å². The second-order valence-corrected chi connectivity index (χ2v) is 8.29. The number of hydrogen-bond donors (Lipinski definition) is 1. The molecule has 1 fully saturated rings. The van der Waals surface area contributed by atoms with Gasteiger partial charge in [0.25, 0.3) is 5.91 Å². The molecule has 0 aromatic heterocycles.